The Kier molecular flexibility index (Phi) is 8.29. The molecule has 2 bridgehead atoms. The third-order valence-electron chi connectivity index (χ3n) is 11.2. The topological polar surface area (TPSA) is 128 Å². The number of nitriles is 1. The summed E-state index contributed by atoms with van der Waals surface area (Å²) in [5.74, 6) is 6.03. The van der Waals surface area contributed by atoms with Gasteiger partial charge in [0, 0.05) is 70.4 Å². The molecule has 1 N–H and O–H groups in total. The average Bonchev–Trinajstić information content (AvgIpc) is 3.53. The summed E-state index contributed by atoms with van der Waals surface area (Å²) in [5, 5.41) is 22.2. The number of halogens is 3. The lowest BCUT2D eigenvalue weighted by atomic mass is 9.38. The minimum absolute atomic E-state index is 0.00495. The number of pyridine rings is 2. The third-order valence-corrected chi connectivity index (χ3v) is 12.5. The van der Waals surface area contributed by atoms with Gasteiger partial charge in [0.25, 0.3) is 5.56 Å². The van der Waals surface area contributed by atoms with Crippen molar-refractivity contribution in [3.8, 4) is 29.0 Å². The highest BCUT2D eigenvalue weighted by Crippen LogP contribution is 2.72. The number of hydrogen-bond donors (Lipinski definition) is 1. The molecule has 4 aliphatic rings. The van der Waals surface area contributed by atoms with Crippen LogP contribution in [0.5, 0.6) is 0 Å². The number of nitrogens with zero attached hydrogens (tertiary/aromatic N) is 7. The van der Waals surface area contributed by atoms with Crippen LogP contribution in [0.3, 0.4) is 0 Å². The Hall–Kier alpha value is -4.95. The van der Waals surface area contributed by atoms with E-state index in [2.05, 4.69) is 37.8 Å². The molecule has 3 saturated carbocycles. The molecular formula is C38H32ClF2N7O3S. The Labute approximate surface area is 306 Å². The van der Waals surface area contributed by atoms with Crippen molar-refractivity contribution in [2.75, 3.05) is 25.0 Å². The number of likely N-dealkylation sites (tertiary alicyclic amines) is 1. The molecule has 264 valence electrons. The van der Waals surface area contributed by atoms with Crippen LogP contribution in [-0.4, -0.2) is 73.6 Å². The number of hydrogen-bond acceptors (Lipinski definition) is 9. The zero-order chi connectivity index (χ0) is 36.5. The van der Waals surface area contributed by atoms with Crippen LogP contribution in [0.15, 0.2) is 46.8 Å². The molecule has 4 fully saturated rings. The first kappa shape index (κ1) is 34.2. The lowest BCUT2D eigenvalue weighted by molar-refractivity contribution is -0.275. The minimum atomic E-state index is -2.25. The van der Waals surface area contributed by atoms with E-state index >= 15 is 0 Å². The van der Waals surface area contributed by atoms with Gasteiger partial charge in [-0.15, -0.1) is 11.3 Å². The van der Waals surface area contributed by atoms with Crippen LogP contribution in [0.4, 0.5) is 14.6 Å². The van der Waals surface area contributed by atoms with E-state index in [-0.39, 0.29) is 34.6 Å². The first-order chi connectivity index (χ1) is 24.9. The molecule has 0 radical (unpaired) electrons. The van der Waals surface area contributed by atoms with Crippen molar-refractivity contribution >= 4 is 55.8 Å². The summed E-state index contributed by atoms with van der Waals surface area (Å²) in [5.41, 5.74) is 1.80. The highest BCUT2D eigenvalue weighted by molar-refractivity contribution is 7.18. The van der Waals surface area contributed by atoms with Gasteiger partial charge in [0.1, 0.15) is 23.3 Å². The first-order valence-electron chi connectivity index (χ1n) is 16.9. The molecule has 10 nitrogen and oxygen atoms in total. The number of carboxylic acids is 1. The third kappa shape index (κ3) is 5.33. The Balaban J connectivity index is 1.06. The predicted molar refractivity (Wildman–Crippen MR) is 195 cm³/mol. The molecule has 1 aromatic carbocycles. The van der Waals surface area contributed by atoms with Gasteiger partial charge in [-0.05, 0) is 63.3 Å². The number of carboxylic acid groups (broad SMARTS) is 1. The summed E-state index contributed by atoms with van der Waals surface area (Å²) in [4.78, 5) is 43.6. The van der Waals surface area contributed by atoms with Gasteiger partial charge < -0.3 is 10.0 Å². The number of thiophene rings is 1. The number of carbonyl (C=O) groups is 1. The normalized spacial score (nSPS) is 21.3. The summed E-state index contributed by atoms with van der Waals surface area (Å²) in [7, 11) is 1.88. The fourth-order valence-electron chi connectivity index (χ4n) is 8.51. The maximum absolute atomic E-state index is 14.1. The SMILES string of the molecule is Cc1nc2cnc(N(C)C3CCN(C45CC(C(F)F)(C4)C5)CC3)c(C#N)c2c(=O)n1CC#Cc1ccc(Cl)cc1-c1ccnc2c(C(=O)O)csc12. The molecule has 0 unspecified atom stereocenters. The average molecular weight is 740 g/mol. The fraction of sp³-hybridized carbons (Fsp3) is 0.368. The summed E-state index contributed by atoms with van der Waals surface area (Å²) in [6, 6.07) is 9.34. The summed E-state index contributed by atoms with van der Waals surface area (Å²) >= 11 is 7.67. The highest BCUT2D eigenvalue weighted by Gasteiger charge is 2.73. The number of anilines is 1. The van der Waals surface area contributed by atoms with E-state index in [1.54, 1.807) is 42.8 Å². The van der Waals surface area contributed by atoms with Gasteiger partial charge in [0.15, 0.2) is 0 Å². The molecule has 0 spiro atoms. The number of rotatable bonds is 7. The van der Waals surface area contributed by atoms with Crippen LogP contribution in [0.25, 0.3) is 32.2 Å². The molecule has 5 heterocycles. The van der Waals surface area contributed by atoms with Gasteiger partial charge in [0.05, 0.1) is 39.4 Å². The van der Waals surface area contributed by atoms with E-state index in [9.17, 15) is 28.7 Å². The summed E-state index contributed by atoms with van der Waals surface area (Å²) in [6.45, 7) is 3.27. The largest absolute Gasteiger partial charge is 0.478 e. The molecule has 1 saturated heterocycles. The van der Waals surface area contributed by atoms with E-state index in [0.717, 1.165) is 31.5 Å². The highest BCUT2D eigenvalue weighted by atomic mass is 35.5. The second-order valence-corrected chi connectivity index (χ2v) is 15.4. The van der Waals surface area contributed by atoms with E-state index in [1.165, 1.54) is 22.1 Å². The molecule has 1 aliphatic heterocycles. The molecule has 14 heteroatoms. The predicted octanol–water partition coefficient (Wildman–Crippen LogP) is 6.74. The molecule has 3 aliphatic carbocycles. The Morgan fingerprint density at radius 3 is 2.63 bits per heavy atom. The second kappa shape index (κ2) is 12.6. The number of alkyl halides is 2. The van der Waals surface area contributed by atoms with Gasteiger partial charge >= 0.3 is 5.97 Å². The van der Waals surface area contributed by atoms with E-state index in [0.29, 0.717) is 62.8 Å². The molecule has 4 aromatic heterocycles. The van der Waals surface area contributed by atoms with E-state index < -0.39 is 23.4 Å². The van der Waals surface area contributed by atoms with Gasteiger partial charge in [0.2, 0.25) is 6.43 Å². The summed E-state index contributed by atoms with van der Waals surface area (Å²) in [6.07, 6.45) is 4.15. The maximum Gasteiger partial charge on any atom is 0.338 e. The Morgan fingerprint density at radius 1 is 1.19 bits per heavy atom. The molecule has 52 heavy (non-hydrogen) atoms. The second-order valence-electron chi connectivity index (χ2n) is 14.1. The standard InChI is InChI=1S/C38H32ClF2N7O3S/c1-21-45-29-16-44-33(46(2)24-8-12-47(13-9-24)38-18-37(19-38,20-38)36(40)41)27(15-42)30(29)34(49)48(21)11-3-4-22-5-6-23(39)14-26(22)25-7-10-43-31-28(35(50)51)17-52-32(25)31/h5-7,10,14,16-17,24,36H,8-9,11-13,18-20H2,1-2H3,(H,50,51). The Bertz CT molecular complexity index is 2450. The van der Waals surface area contributed by atoms with E-state index in [4.69, 9.17) is 11.6 Å². The minimum Gasteiger partial charge on any atom is -0.478 e. The molecule has 5 aromatic rings. The molecular weight excluding hydrogens is 708 g/mol. The zero-order valence-corrected chi connectivity index (χ0v) is 29.9. The van der Waals surface area contributed by atoms with E-state index in [1.807, 2.05) is 11.9 Å². The van der Waals surface area contributed by atoms with Crippen molar-refractivity contribution in [1.29, 1.82) is 5.26 Å². The van der Waals surface area contributed by atoms with Crippen LogP contribution in [-0.2, 0) is 6.54 Å². The molecule has 9 rings (SSSR count). The van der Waals surface area contributed by atoms with Crippen molar-refractivity contribution in [3.63, 3.8) is 0 Å². The lowest BCUT2D eigenvalue weighted by Crippen LogP contribution is -2.77. The van der Waals surface area contributed by atoms with Crippen molar-refractivity contribution in [2.24, 2.45) is 5.41 Å². The fourth-order valence-corrected chi connectivity index (χ4v) is 9.71. The number of benzene rings is 1. The van der Waals surface area contributed by atoms with Crippen LogP contribution in [0.2, 0.25) is 5.02 Å². The van der Waals surface area contributed by atoms with Gasteiger partial charge in [-0.1, -0.05) is 23.4 Å². The lowest BCUT2D eigenvalue weighted by Gasteiger charge is -2.74. The van der Waals surface area contributed by atoms with Crippen LogP contribution in [0.1, 0.15) is 59.4 Å². The number of aromatic carboxylic acids is 1. The number of aromatic nitrogens is 4. The Morgan fingerprint density at radius 2 is 1.94 bits per heavy atom. The van der Waals surface area contributed by atoms with Gasteiger partial charge in [-0.2, -0.15) is 5.26 Å². The number of fused-ring (bicyclic) bond motifs is 2. The van der Waals surface area contributed by atoms with Gasteiger partial charge in [-0.3, -0.25) is 19.2 Å². The maximum atomic E-state index is 14.1. The monoisotopic (exact) mass is 739 g/mol. The summed E-state index contributed by atoms with van der Waals surface area (Å²) < 4.78 is 29.0. The molecule has 0 amide bonds. The first-order valence-corrected chi connectivity index (χ1v) is 18.2. The number of piperidine rings is 1. The quantitative estimate of drug-likeness (QED) is 0.181. The zero-order valence-electron chi connectivity index (χ0n) is 28.3. The van der Waals surface area contributed by atoms with Crippen LogP contribution >= 0.6 is 22.9 Å². The van der Waals surface area contributed by atoms with Gasteiger partial charge in [-0.25, -0.2) is 23.5 Å². The number of aryl methyl sites for hydroxylation is 1. The van der Waals surface area contributed by atoms with Crippen molar-refractivity contribution in [3.05, 3.63) is 79.9 Å². The smallest absolute Gasteiger partial charge is 0.338 e. The van der Waals surface area contributed by atoms with Crippen molar-refractivity contribution < 1.29 is 18.7 Å². The van der Waals surface area contributed by atoms with Crippen LogP contribution < -0.4 is 10.5 Å². The van der Waals surface area contributed by atoms with Crippen LogP contribution in [0, 0.1) is 35.5 Å². The van der Waals surface area contributed by atoms with Crippen molar-refractivity contribution in [2.45, 2.75) is 63.6 Å². The van der Waals surface area contributed by atoms with Crippen molar-refractivity contribution in [1.82, 2.24) is 24.4 Å². The molecule has 0 atom stereocenters.